The summed E-state index contributed by atoms with van der Waals surface area (Å²) in [4.78, 5) is 2.84. The lowest BCUT2D eigenvalue weighted by Gasteiger charge is -2.26. The molecule has 0 rings (SSSR count). The first-order valence-electron chi connectivity index (χ1n) is 5.13. The van der Waals surface area contributed by atoms with Gasteiger partial charge in [0.05, 0.1) is 4.99 Å². The molecule has 0 saturated heterocycles. The Balaban J connectivity index is 3.96. The van der Waals surface area contributed by atoms with Crippen LogP contribution in [-0.2, 0) is 0 Å². The highest BCUT2D eigenvalue weighted by molar-refractivity contribution is 7.80. The quantitative estimate of drug-likeness (QED) is 0.622. The lowest BCUT2D eigenvalue weighted by Crippen LogP contribution is -2.37. The van der Waals surface area contributed by atoms with Crippen LogP contribution in [0.4, 0.5) is 0 Å². The molecule has 2 unspecified atom stereocenters. The van der Waals surface area contributed by atoms with E-state index in [2.05, 4.69) is 11.8 Å². The molecular weight excluding hydrogens is 196 g/mol. The zero-order chi connectivity index (χ0) is 11.1. The SMILES string of the molecule is CCN(CC(C)CO)CC(C)C(N)=S. The average Bonchev–Trinajstić information content (AvgIpc) is 2.16. The smallest absolute Gasteiger partial charge is 0.0768 e. The van der Waals surface area contributed by atoms with Crippen LogP contribution in [0.25, 0.3) is 0 Å². The van der Waals surface area contributed by atoms with E-state index < -0.39 is 0 Å². The molecule has 3 nitrogen and oxygen atoms in total. The van der Waals surface area contributed by atoms with Crippen molar-refractivity contribution >= 4 is 17.2 Å². The largest absolute Gasteiger partial charge is 0.396 e. The van der Waals surface area contributed by atoms with E-state index in [1.165, 1.54) is 0 Å². The molecule has 84 valence electrons. The Kier molecular flexibility index (Phi) is 7.05. The van der Waals surface area contributed by atoms with E-state index in [0.29, 0.717) is 10.9 Å². The van der Waals surface area contributed by atoms with E-state index in [1.54, 1.807) is 0 Å². The Morgan fingerprint density at radius 1 is 1.43 bits per heavy atom. The van der Waals surface area contributed by atoms with Gasteiger partial charge in [-0.3, -0.25) is 0 Å². The van der Waals surface area contributed by atoms with Crippen LogP contribution in [0.15, 0.2) is 0 Å². The monoisotopic (exact) mass is 218 g/mol. The molecule has 0 amide bonds. The van der Waals surface area contributed by atoms with Crippen LogP contribution in [0.1, 0.15) is 20.8 Å². The van der Waals surface area contributed by atoms with Crippen LogP contribution in [0.3, 0.4) is 0 Å². The van der Waals surface area contributed by atoms with E-state index in [0.717, 1.165) is 19.6 Å². The van der Waals surface area contributed by atoms with Crippen molar-refractivity contribution in [2.75, 3.05) is 26.2 Å². The van der Waals surface area contributed by atoms with Gasteiger partial charge in [0.25, 0.3) is 0 Å². The lowest BCUT2D eigenvalue weighted by atomic mass is 10.1. The van der Waals surface area contributed by atoms with Gasteiger partial charge in [0.15, 0.2) is 0 Å². The molecule has 0 spiro atoms. The molecule has 0 heterocycles. The van der Waals surface area contributed by atoms with Crippen molar-refractivity contribution in [3.63, 3.8) is 0 Å². The maximum absolute atomic E-state index is 8.95. The molecule has 0 fully saturated rings. The lowest BCUT2D eigenvalue weighted by molar-refractivity contribution is 0.172. The first-order valence-corrected chi connectivity index (χ1v) is 5.54. The van der Waals surface area contributed by atoms with Crippen LogP contribution in [0.5, 0.6) is 0 Å². The van der Waals surface area contributed by atoms with Gasteiger partial charge in [-0.2, -0.15) is 0 Å². The summed E-state index contributed by atoms with van der Waals surface area (Å²) in [6.45, 7) is 9.17. The summed E-state index contributed by atoms with van der Waals surface area (Å²) in [6.07, 6.45) is 0. The van der Waals surface area contributed by atoms with Gasteiger partial charge in [-0.15, -0.1) is 0 Å². The van der Waals surface area contributed by atoms with Gasteiger partial charge in [-0.05, 0) is 12.5 Å². The summed E-state index contributed by atoms with van der Waals surface area (Å²) < 4.78 is 0. The minimum Gasteiger partial charge on any atom is -0.396 e. The summed E-state index contributed by atoms with van der Waals surface area (Å²) in [5.74, 6) is 0.560. The first-order chi connectivity index (χ1) is 6.51. The Morgan fingerprint density at radius 3 is 2.36 bits per heavy atom. The van der Waals surface area contributed by atoms with Gasteiger partial charge in [0.1, 0.15) is 0 Å². The van der Waals surface area contributed by atoms with E-state index in [-0.39, 0.29) is 12.5 Å². The average molecular weight is 218 g/mol. The van der Waals surface area contributed by atoms with Crippen molar-refractivity contribution in [3.05, 3.63) is 0 Å². The van der Waals surface area contributed by atoms with Gasteiger partial charge in [0, 0.05) is 25.6 Å². The van der Waals surface area contributed by atoms with Crippen LogP contribution in [0.2, 0.25) is 0 Å². The van der Waals surface area contributed by atoms with Gasteiger partial charge in [0.2, 0.25) is 0 Å². The zero-order valence-corrected chi connectivity index (χ0v) is 10.2. The van der Waals surface area contributed by atoms with Crippen molar-refractivity contribution in [2.24, 2.45) is 17.6 Å². The summed E-state index contributed by atoms with van der Waals surface area (Å²) in [5.41, 5.74) is 5.56. The summed E-state index contributed by atoms with van der Waals surface area (Å²) >= 11 is 4.93. The summed E-state index contributed by atoms with van der Waals surface area (Å²) in [6, 6.07) is 0. The minimum absolute atomic E-state index is 0.234. The summed E-state index contributed by atoms with van der Waals surface area (Å²) in [7, 11) is 0. The topological polar surface area (TPSA) is 49.5 Å². The Labute approximate surface area is 92.3 Å². The number of aliphatic hydroxyl groups is 1. The fourth-order valence-electron chi connectivity index (χ4n) is 1.31. The van der Waals surface area contributed by atoms with E-state index in [4.69, 9.17) is 23.1 Å². The number of hydrogen-bond acceptors (Lipinski definition) is 3. The van der Waals surface area contributed by atoms with Crippen LogP contribution < -0.4 is 5.73 Å². The highest BCUT2D eigenvalue weighted by Crippen LogP contribution is 2.04. The predicted octanol–water partition coefficient (Wildman–Crippen LogP) is 0.859. The van der Waals surface area contributed by atoms with Gasteiger partial charge >= 0.3 is 0 Å². The summed E-state index contributed by atoms with van der Waals surface area (Å²) in [5, 5.41) is 8.95. The number of aliphatic hydroxyl groups excluding tert-OH is 1. The Bertz CT molecular complexity index is 176. The molecule has 0 aliphatic heterocycles. The third-order valence-corrected chi connectivity index (χ3v) is 2.75. The molecular formula is C10H22N2OS. The number of nitrogens with two attached hydrogens (primary N) is 1. The molecule has 0 bridgehead atoms. The van der Waals surface area contributed by atoms with Gasteiger partial charge < -0.3 is 15.7 Å². The molecule has 0 aliphatic carbocycles. The molecule has 0 aromatic carbocycles. The second-order valence-electron chi connectivity index (χ2n) is 3.94. The third-order valence-electron chi connectivity index (χ3n) is 2.35. The van der Waals surface area contributed by atoms with Crippen molar-refractivity contribution < 1.29 is 5.11 Å². The van der Waals surface area contributed by atoms with Crippen LogP contribution in [-0.4, -0.2) is 41.2 Å². The molecule has 2 atom stereocenters. The zero-order valence-electron chi connectivity index (χ0n) is 9.36. The van der Waals surface area contributed by atoms with Crippen molar-refractivity contribution in [1.82, 2.24) is 4.90 Å². The predicted molar refractivity (Wildman–Crippen MR) is 64.3 cm³/mol. The molecule has 0 radical (unpaired) electrons. The number of rotatable bonds is 7. The Morgan fingerprint density at radius 2 is 2.00 bits per heavy atom. The fourth-order valence-corrected chi connectivity index (χ4v) is 1.38. The second-order valence-corrected chi connectivity index (χ2v) is 4.41. The molecule has 14 heavy (non-hydrogen) atoms. The molecule has 3 N–H and O–H groups in total. The third kappa shape index (κ3) is 5.52. The maximum atomic E-state index is 8.95. The van der Waals surface area contributed by atoms with Crippen molar-refractivity contribution in [2.45, 2.75) is 20.8 Å². The maximum Gasteiger partial charge on any atom is 0.0768 e. The van der Waals surface area contributed by atoms with E-state index in [1.807, 2.05) is 13.8 Å². The molecule has 4 heteroatoms. The second kappa shape index (κ2) is 7.15. The van der Waals surface area contributed by atoms with Crippen molar-refractivity contribution in [3.8, 4) is 0 Å². The fraction of sp³-hybridized carbons (Fsp3) is 0.900. The molecule has 0 aromatic heterocycles. The first kappa shape index (κ1) is 13.8. The van der Waals surface area contributed by atoms with Crippen LogP contribution in [0, 0.1) is 11.8 Å². The molecule has 0 saturated carbocycles. The van der Waals surface area contributed by atoms with Crippen LogP contribution >= 0.6 is 12.2 Å². The Hall–Kier alpha value is -0.190. The number of thiocarbonyl (C=S) groups is 1. The van der Waals surface area contributed by atoms with E-state index in [9.17, 15) is 0 Å². The standard InChI is InChI=1S/C10H22N2OS/c1-4-12(5-8(2)7-13)6-9(3)10(11)14/h8-9,13H,4-7H2,1-3H3,(H2,11,14). The normalized spacial score (nSPS) is 15.5. The highest BCUT2D eigenvalue weighted by Gasteiger charge is 2.12. The molecule has 0 aromatic rings. The minimum atomic E-state index is 0.234. The highest BCUT2D eigenvalue weighted by atomic mass is 32.1. The van der Waals surface area contributed by atoms with Gasteiger partial charge in [-0.25, -0.2) is 0 Å². The van der Waals surface area contributed by atoms with Gasteiger partial charge in [-0.1, -0.05) is 33.0 Å². The molecule has 0 aliphatic rings. The van der Waals surface area contributed by atoms with Crippen molar-refractivity contribution in [1.29, 1.82) is 0 Å². The number of nitrogens with zero attached hydrogens (tertiary/aromatic N) is 1. The van der Waals surface area contributed by atoms with E-state index >= 15 is 0 Å². The number of hydrogen-bond donors (Lipinski definition) is 2.